The minimum atomic E-state index is -4.00. The molecule has 0 saturated carbocycles. The van der Waals surface area contributed by atoms with E-state index in [-0.39, 0.29) is 41.1 Å². The molecule has 0 fully saturated rings. The Balaban J connectivity index is 1.71. The van der Waals surface area contributed by atoms with Crippen LogP contribution in [0.4, 0.5) is 4.39 Å². The second-order valence-corrected chi connectivity index (χ2v) is 11.9. The van der Waals surface area contributed by atoms with Crippen molar-refractivity contribution >= 4 is 16.0 Å². The molecule has 10 heteroatoms. The Morgan fingerprint density at radius 1 is 1.13 bits per heavy atom. The smallest absolute Gasteiger partial charge is 0.336 e. The molecule has 3 atom stereocenters. The van der Waals surface area contributed by atoms with E-state index < -0.39 is 28.1 Å². The number of rotatable bonds is 8. The van der Waals surface area contributed by atoms with Gasteiger partial charge in [-0.2, -0.15) is 4.31 Å². The number of aromatic carboxylic acids is 1. The monoisotopic (exact) mass is 556 g/mol. The number of halogens is 1. The lowest BCUT2D eigenvalue weighted by molar-refractivity contribution is 0.0686. The first-order chi connectivity index (χ1) is 18.5. The van der Waals surface area contributed by atoms with Gasteiger partial charge in [-0.1, -0.05) is 43.3 Å². The third kappa shape index (κ3) is 6.30. The van der Waals surface area contributed by atoms with E-state index in [1.165, 1.54) is 22.5 Å². The van der Waals surface area contributed by atoms with Crippen LogP contribution in [0.15, 0.2) is 71.6 Å². The fourth-order valence-electron chi connectivity index (χ4n) is 4.79. The summed E-state index contributed by atoms with van der Waals surface area (Å²) in [4.78, 5) is 13.6. The van der Waals surface area contributed by atoms with Crippen LogP contribution in [-0.4, -0.2) is 72.7 Å². The molecule has 0 amide bonds. The molecule has 1 aliphatic rings. The van der Waals surface area contributed by atoms with Crippen LogP contribution < -0.4 is 4.74 Å². The average Bonchev–Trinajstić information content (AvgIpc) is 2.90. The topological polar surface area (TPSA) is 107 Å². The number of carboxylic acids is 1. The molecule has 0 unspecified atom stereocenters. The molecule has 39 heavy (non-hydrogen) atoms. The molecular formula is C29H33FN2O6S. The van der Waals surface area contributed by atoms with Crippen molar-refractivity contribution in [2.75, 3.05) is 26.7 Å². The normalized spacial score (nSPS) is 19.9. The van der Waals surface area contributed by atoms with Gasteiger partial charge >= 0.3 is 5.97 Å². The van der Waals surface area contributed by atoms with Crippen LogP contribution >= 0.6 is 0 Å². The summed E-state index contributed by atoms with van der Waals surface area (Å²) in [6.45, 7) is 4.08. The van der Waals surface area contributed by atoms with E-state index in [9.17, 15) is 27.8 Å². The maximum Gasteiger partial charge on any atom is 0.336 e. The quantitative estimate of drug-likeness (QED) is 0.430. The van der Waals surface area contributed by atoms with Crippen molar-refractivity contribution in [2.24, 2.45) is 5.92 Å². The standard InChI is InChI=1S/C29H33FN2O6S/c1-19-15-32(20(2)18-33)39(36,37)28-13-10-22(21-8-11-24(30)12-9-21)14-26(28)38-27(19)17-31(3)16-23-6-4-5-7-25(23)29(34)35/h4-14,19-20,27,33H,15-18H2,1-3H3,(H,34,35)/t19-,20-,27-/m0/s1. The summed E-state index contributed by atoms with van der Waals surface area (Å²) in [6, 6.07) is 16.8. The Bertz CT molecular complexity index is 1430. The van der Waals surface area contributed by atoms with Gasteiger partial charge in [0.15, 0.2) is 0 Å². The second-order valence-electron chi connectivity index (χ2n) is 10.1. The lowest BCUT2D eigenvalue weighted by Gasteiger charge is -2.37. The number of sulfonamides is 1. The van der Waals surface area contributed by atoms with Crippen LogP contribution in [0.1, 0.15) is 29.8 Å². The first-order valence-corrected chi connectivity index (χ1v) is 14.1. The first kappa shape index (κ1) is 28.7. The molecule has 0 spiro atoms. The largest absolute Gasteiger partial charge is 0.487 e. The zero-order valence-corrected chi connectivity index (χ0v) is 22.9. The van der Waals surface area contributed by atoms with E-state index in [4.69, 9.17) is 4.74 Å². The van der Waals surface area contributed by atoms with Gasteiger partial charge in [0, 0.05) is 31.6 Å². The second kappa shape index (κ2) is 11.8. The molecule has 8 nitrogen and oxygen atoms in total. The lowest BCUT2D eigenvalue weighted by Crippen LogP contribution is -2.49. The molecule has 1 aliphatic heterocycles. The third-order valence-corrected chi connectivity index (χ3v) is 9.04. The highest BCUT2D eigenvalue weighted by Gasteiger charge is 2.38. The van der Waals surface area contributed by atoms with Crippen LogP contribution in [0, 0.1) is 11.7 Å². The summed E-state index contributed by atoms with van der Waals surface area (Å²) in [5, 5.41) is 19.4. The molecule has 3 aromatic rings. The number of aliphatic hydroxyl groups is 1. The van der Waals surface area contributed by atoms with Crippen molar-refractivity contribution in [1.82, 2.24) is 9.21 Å². The zero-order chi connectivity index (χ0) is 28.3. The fraction of sp³-hybridized carbons (Fsp3) is 0.345. The van der Waals surface area contributed by atoms with Crippen LogP contribution in [-0.2, 0) is 16.6 Å². The molecule has 0 aromatic heterocycles. The molecule has 1 heterocycles. The minimum absolute atomic E-state index is 0.00978. The number of aliphatic hydroxyl groups excluding tert-OH is 1. The summed E-state index contributed by atoms with van der Waals surface area (Å²) < 4.78 is 48.6. The number of benzene rings is 3. The van der Waals surface area contributed by atoms with Crippen LogP contribution in [0.2, 0.25) is 0 Å². The number of likely N-dealkylation sites (N-methyl/N-ethyl adjacent to an activating group) is 1. The summed E-state index contributed by atoms with van der Waals surface area (Å²) in [5.41, 5.74) is 2.25. The molecule has 0 radical (unpaired) electrons. The molecule has 0 saturated heterocycles. The van der Waals surface area contributed by atoms with Gasteiger partial charge in [0.25, 0.3) is 0 Å². The van der Waals surface area contributed by atoms with Crippen molar-refractivity contribution in [3.8, 4) is 16.9 Å². The Hall–Kier alpha value is -3.31. The SMILES string of the molecule is C[C@H]1CN([C@@H](C)CO)S(=O)(=O)c2ccc(-c3ccc(F)cc3)cc2O[C@H]1CN(C)Cc1ccccc1C(=O)O. The highest BCUT2D eigenvalue weighted by molar-refractivity contribution is 7.89. The van der Waals surface area contributed by atoms with Crippen LogP contribution in [0.25, 0.3) is 11.1 Å². The Kier molecular flexibility index (Phi) is 8.70. The average molecular weight is 557 g/mol. The molecule has 208 valence electrons. The summed E-state index contributed by atoms with van der Waals surface area (Å²) >= 11 is 0. The summed E-state index contributed by atoms with van der Waals surface area (Å²) in [7, 11) is -2.14. The van der Waals surface area contributed by atoms with Crippen molar-refractivity contribution < 1.29 is 32.6 Å². The van der Waals surface area contributed by atoms with Crippen molar-refractivity contribution in [1.29, 1.82) is 0 Å². The molecule has 2 N–H and O–H groups in total. The number of ether oxygens (including phenoxy) is 1. The van der Waals surface area contributed by atoms with Crippen LogP contribution in [0.3, 0.4) is 0 Å². The minimum Gasteiger partial charge on any atom is -0.487 e. The number of hydrogen-bond acceptors (Lipinski definition) is 6. The van der Waals surface area contributed by atoms with Gasteiger partial charge in [0.1, 0.15) is 22.6 Å². The lowest BCUT2D eigenvalue weighted by atomic mass is 10.0. The predicted octanol–water partition coefficient (Wildman–Crippen LogP) is 4.09. The Labute approximate surface area is 228 Å². The number of fused-ring (bicyclic) bond motifs is 1. The summed E-state index contributed by atoms with van der Waals surface area (Å²) in [6.07, 6.45) is -0.460. The Morgan fingerprint density at radius 2 is 1.79 bits per heavy atom. The maximum absolute atomic E-state index is 13.7. The molecule has 0 bridgehead atoms. The molecule has 3 aromatic carbocycles. The van der Waals surface area contributed by atoms with E-state index >= 15 is 0 Å². The first-order valence-electron chi connectivity index (χ1n) is 12.7. The van der Waals surface area contributed by atoms with E-state index in [0.29, 0.717) is 29.8 Å². The highest BCUT2D eigenvalue weighted by atomic mass is 32.2. The number of carboxylic acid groups (broad SMARTS) is 1. The van der Waals surface area contributed by atoms with Gasteiger partial charge in [0.2, 0.25) is 10.0 Å². The van der Waals surface area contributed by atoms with E-state index in [1.807, 2.05) is 18.9 Å². The summed E-state index contributed by atoms with van der Waals surface area (Å²) in [5.74, 6) is -1.48. The van der Waals surface area contributed by atoms with Gasteiger partial charge in [0.05, 0.1) is 12.2 Å². The predicted molar refractivity (Wildman–Crippen MR) is 146 cm³/mol. The number of nitrogens with zero attached hydrogens (tertiary/aromatic N) is 2. The molecule has 0 aliphatic carbocycles. The van der Waals surface area contributed by atoms with Gasteiger partial charge in [-0.25, -0.2) is 17.6 Å². The van der Waals surface area contributed by atoms with Crippen LogP contribution in [0.5, 0.6) is 5.75 Å². The molecular weight excluding hydrogens is 523 g/mol. The fourth-order valence-corrected chi connectivity index (χ4v) is 6.62. The number of carbonyl (C=O) groups is 1. The van der Waals surface area contributed by atoms with E-state index in [1.54, 1.807) is 55.5 Å². The van der Waals surface area contributed by atoms with Gasteiger partial charge in [-0.3, -0.25) is 4.90 Å². The highest BCUT2D eigenvalue weighted by Crippen LogP contribution is 2.36. The zero-order valence-electron chi connectivity index (χ0n) is 22.1. The van der Waals surface area contributed by atoms with Gasteiger partial charge < -0.3 is 14.9 Å². The molecule has 4 rings (SSSR count). The van der Waals surface area contributed by atoms with Crippen molar-refractivity contribution in [3.05, 3.63) is 83.7 Å². The Morgan fingerprint density at radius 3 is 2.46 bits per heavy atom. The third-order valence-electron chi connectivity index (χ3n) is 7.02. The van der Waals surface area contributed by atoms with Gasteiger partial charge in [-0.05, 0) is 61.0 Å². The maximum atomic E-state index is 13.7. The van der Waals surface area contributed by atoms with Gasteiger partial charge in [-0.15, -0.1) is 0 Å². The van der Waals surface area contributed by atoms with E-state index in [2.05, 4.69) is 0 Å². The van der Waals surface area contributed by atoms with Crippen molar-refractivity contribution in [3.63, 3.8) is 0 Å². The number of hydrogen-bond donors (Lipinski definition) is 2. The van der Waals surface area contributed by atoms with E-state index in [0.717, 1.165) is 0 Å². The van der Waals surface area contributed by atoms with Crippen molar-refractivity contribution in [2.45, 2.75) is 37.4 Å².